The molecule has 2 fully saturated rings. The molecule has 0 amide bonds. The van der Waals surface area contributed by atoms with E-state index < -0.39 is 0 Å². The van der Waals surface area contributed by atoms with E-state index in [-0.39, 0.29) is 5.54 Å². The molecule has 0 saturated carbocycles. The maximum atomic E-state index is 2.70. The van der Waals surface area contributed by atoms with Crippen LogP contribution in [0.15, 0.2) is 24.3 Å². The Morgan fingerprint density at radius 1 is 0.905 bits per heavy atom. The summed E-state index contributed by atoms with van der Waals surface area (Å²) in [5.74, 6) is 0. The minimum absolute atomic E-state index is 0.260. The van der Waals surface area contributed by atoms with Crippen molar-refractivity contribution in [3.63, 3.8) is 0 Å². The first-order valence-corrected chi connectivity index (χ1v) is 8.68. The highest BCUT2D eigenvalue weighted by Gasteiger charge is 2.35. The molecule has 0 N–H and O–H groups in total. The lowest BCUT2D eigenvalue weighted by molar-refractivity contribution is 0.122. The quantitative estimate of drug-likeness (QED) is 0.783. The van der Waals surface area contributed by atoms with Crippen LogP contribution in [0.4, 0.5) is 5.69 Å². The third-order valence-corrected chi connectivity index (χ3v) is 5.11. The maximum absolute atomic E-state index is 2.70. The van der Waals surface area contributed by atoms with E-state index in [1.165, 1.54) is 57.4 Å². The van der Waals surface area contributed by atoms with E-state index in [9.17, 15) is 0 Å². The van der Waals surface area contributed by atoms with Gasteiger partial charge in [-0.25, -0.2) is 0 Å². The molecule has 3 rings (SSSR count). The summed E-state index contributed by atoms with van der Waals surface area (Å²) in [5.41, 5.74) is 3.32. The van der Waals surface area contributed by atoms with Crippen molar-refractivity contribution in [3.8, 4) is 0 Å². The van der Waals surface area contributed by atoms with Crippen molar-refractivity contribution in [2.75, 3.05) is 24.5 Å². The summed E-state index contributed by atoms with van der Waals surface area (Å²) in [5, 5.41) is 0. The lowest BCUT2D eigenvalue weighted by Gasteiger charge is -2.39. The summed E-state index contributed by atoms with van der Waals surface area (Å²) in [6.07, 6.45) is 6.73. The zero-order valence-corrected chi connectivity index (χ0v) is 13.9. The number of anilines is 1. The molecule has 116 valence electrons. The van der Waals surface area contributed by atoms with Crippen molar-refractivity contribution >= 4 is 5.69 Å². The number of rotatable bonds is 2. The van der Waals surface area contributed by atoms with Gasteiger partial charge in [0.15, 0.2) is 0 Å². The van der Waals surface area contributed by atoms with Crippen LogP contribution in [0.3, 0.4) is 0 Å². The van der Waals surface area contributed by atoms with Gasteiger partial charge in [-0.3, -0.25) is 4.90 Å². The van der Waals surface area contributed by atoms with Gasteiger partial charge in [0.1, 0.15) is 0 Å². The summed E-state index contributed by atoms with van der Waals surface area (Å²) < 4.78 is 0. The van der Waals surface area contributed by atoms with E-state index in [0.717, 1.165) is 0 Å². The Morgan fingerprint density at radius 2 is 1.62 bits per heavy atom. The maximum Gasteiger partial charge on any atom is 0.0414 e. The normalized spacial score (nSPS) is 24.5. The van der Waals surface area contributed by atoms with Crippen LogP contribution in [-0.2, 0) is 0 Å². The average molecular weight is 286 g/mol. The second kappa shape index (κ2) is 6.00. The van der Waals surface area contributed by atoms with Gasteiger partial charge in [0, 0.05) is 30.4 Å². The molecule has 1 aromatic rings. The standard InChI is InChI=1S/C19H30N2/c1-19(2,3)21-15-9-12-18(21)16-10-5-6-11-17(16)20-13-7-4-8-14-20/h5-6,10-11,18H,4,7-9,12-15H2,1-3H3. The van der Waals surface area contributed by atoms with Gasteiger partial charge in [-0.1, -0.05) is 18.2 Å². The SMILES string of the molecule is CC(C)(C)N1CCCC1c1ccccc1N1CCCCC1. The van der Waals surface area contributed by atoms with Crippen molar-refractivity contribution < 1.29 is 0 Å². The lowest BCUT2D eigenvalue weighted by atomic mass is 9.96. The van der Waals surface area contributed by atoms with Crippen LogP contribution in [0.2, 0.25) is 0 Å². The predicted octanol–water partition coefficient (Wildman–Crippen LogP) is 4.61. The van der Waals surface area contributed by atoms with Gasteiger partial charge < -0.3 is 4.90 Å². The molecule has 2 saturated heterocycles. The number of piperidine rings is 1. The number of para-hydroxylation sites is 1. The molecule has 0 aromatic heterocycles. The van der Waals surface area contributed by atoms with E-state index in [1.807, 2.05) is 0 Å². The largest absolute Gasteiger partial charge is 0.371 e. The summed E-state index contributed by atoms with van der Waals surface area (Å²) in [7, 11) is 0. The fraction of sp³-hybridized carbons (Fsp3) is 0.684. The van der Waals surface area contributed by atoms with Gasteiger partial charge in [0.05, 0.1) is 0 Å². The van der Waals surface area contributed by atoms with Crippen LogP contribution in [0.5, 0.6) is 0 Å². The smallest absolute Gasteiger partial charge is 0.0414 e. The van der Waals surface area contributed by atoms with Gasteiger partial charge in [-0.2, -0.15) is 0 Å². The Bertz CT molecular complexity index is 469. The minimum Gasteiger partial charge on any atom is -0.371 e. The minimum atomic E-state index is 0.260. The fourth-order valence-corrected chi connectivity index (χ4v) is 4.09. The van der Waals surface area contributed by atoms with Crippen molar-refractivity contribution in [3.05, 3.63) is 29.8 Å². The summed E-state index contributed by atoms with van der Waals surface area (Å²) in [4.78, 5) is 5.33. The molecule has 21 heavy (non-hydrogen) atoms. The highest BCUT2D eigenvalue weighted by atomic mass is 15.2. The molecule has 1 aromatic carbocycles. The highest BCUT2D eigenvalue weighted by Crippen LogP contribution is 2.41. The molecule has 0 radical (unpaired) electrons. The molecule has 2 aliphatic heterocycles. The molecule has 2 heteroatoms. The summed E-state index contributed by atoms with van der Waals surface area (Å²) >= 11 is 0. The summed E-state index contributed by atoms with van der Waals surface area (Å²) in [6.45, 7) is 10.8. The van der Waals surface area contributed by atoms with E-state index in [4.69, 9.17) is 0 Å². The second-order valence-corrected chi connectivity index (χ2v) is 7.63. The zero-order chi connectivity index (χ0) is 14.9. The number of hydrogen-bond donors (Lipinski definition) is 0. The Balaban J connectivity index is 1.91. The van der Waals surface area contributed by atoms with Crippen molar-refractivity contribution in [2.24, 2.45) is 0 Å². The van der Waals surface area contributed by atoms with Gasteiger partial charge in [0.25, 0.3) is 0 Å². The third-order valence-electron chi connectivity index (χ3n) is 5.11. The topological polar surface area (TPSA) is 6.48 Å². The first-order valence-electron chi connectivity index (χ1n) is 8.68. The fourth-order valence-electron chi connectivity index (χ4n) is 4.09. The van der Waals surface area contributed by atoms with E-state index in [0.29, 0.717) is 6.04 Å². The molecule has 2 heterocycles. The van der Waals surface area contributed by atoms with Gasteiger partial charge in [0.2, 0.25) is 0 Å². The van der Waals surface area contributed by atoms with E-state index >= 15 is 0 Å². The van der Waals surface area contributed by atoms with E-state index in [1.54, 1.807) is 5.56 Å². The van der Waals surface area contributed by atoms with Crippen LogP contribution in [-0.4, -0.2) is 30.1 Å². The van der Waals surface area contributed by atoms with Gasteiger partial charge >= 0.3 is 0 Å². The number of hydrogen-bond acceptors (Lipinski definition) is 2. The Morgan fingerprint density at radius 3 is 2.33 bits per heavy atom. The number of benzene rings is 1. The number of nitrogens with zero attached hydrogens (tertiary/aromatic N) is 2. The Labute approximate surface area is 130 Å². The lowest BCUT2D eigenvalue weighted by Crippen LogP contribution is -2.41. The molecule has 0 spiro atoms. The molecule has 1 unspecified atom stereocenters. The van der Waals surface area contributed by atoms with Crippen LogP contribution in [0, 0.1) is 0 Å². The van der Waals surface area contributed by atoms with Crippen molar-refractivity contribution in [1.29, 1.82) is 0 Å². The molecule has 2 aliphatic rings. The molecular weight excluding hydrogens is 256 g/mol. The monoisotopic (exact) mass is 286 g/mol. The van der Waals surface area contributed by atoms with Gasteiger partial charge in [-0.05, 0) is 71.0 Å². The first-order chi connectivity index (χ1) is 10.1. The molecule has 0 bridgehead atoms. The van der Waals surface area contributed by atoms with Crippen LogP contribution in [0.25, 0.3) is 0 Å². The third kappa shape index (κ3) is 3.11. The number of likely N-dealkylation sites (tertiary alicyclic amines) is 1. The van der Waals surface area contributed by atoms with Crippen molar-refractivity contribution in [2.45, 2.75) is 64.5 Å². The molecule has 1 atom stereocenters. The van der Waals surface area contributed by atoms with Crippen molar-refractivity contribution in [1.82, 2.24) is 4.90 Å². The predicted molar refractivity (Wildman–Crippen MR) is 90.9 cm³/mol. The average Bonchev–Trinajstić information content (AvgIpc) is 2.98. The van der Waals surface area contributed by atoms with E-state index in [2.05, 4.69) is 54.8 Å². The van der Waals surface area contributed by atoms with Crippen LogP contribution < -0.4 is 4.90 Å². The first kappa shape index (κ1) is 14.9. The molecule has 0 aliphatic carbocycles. The molecule has 2 nitrogen and oxygen atoms in total. The van der Waals surface area contributed by atoms with Crippen LogP contribution in [0.1, 0.15) is 64.5 Å². The zero-order valence-electron chi connectivity index (χ0n) is 13.9. The highest BCUT2D eigenvalue weighted by molar-refractivity contribution is 5.55. The molecular formula is C19H30N2. The summed E-state index contributed by atoms with van der Waals surface area (Å²) in [6, 6.07) is 9.76. The second-order valence-electron chi connectivity index (χ2n) is 7.63. The Hall–Kier alpha value is -1.02. The van der Waals surface area contributed by atoms with Crippen LogP contribution >= 0.6 is 0 Å². The van der Waals surface area contributed by atoms with Gasteiger partial charge in [-0.15, -0.1) is 0 Å². The Kier molecular flexibility index (Phi) is 4.26.